The van der Waals surface area contributed by atoms with E-state index in [1.165, 1.54) is 0 Å². The van der Waals surface area contributed by atoms with Gasteiger partial charge in [-0.05, 0) is 36.2 Å². The number of anilines is 1. The summed E-state index contributed by atoms with van der Waals surface area (Å²) in [6.45, 7) is 3.78. The van der Waals surface area contributed by atoms with Crippen molar-refractivity contribution in [2.45, 2.75) is 12.5 Å². The molecule has 0 aliphatic carbocycles. The zero-order valence-electron chi connectivity index (χ0n) is 10.5. The largest absolute Gasteiger partial charge is 0.506 e. The highest BCUT2D eigenvalue weighted by atomic mass is 35.5. The minimum Gasteiger partial charge on any atom is -0.506 e. The van der Waals surface area contributed by atoms with Crippen molar-refractivity contribution in [3.8, 4) is 5.75 Å². The Morgan fingerprint density at radius 3 is 2.47 bits per heavy atom. The number of phenols is 1. The van der Waals surface area contributed by atoms with Gasteiger partial charge in [-0.1, -0.05) is 41.9 Å². The van der Waals surface area contributed by atoms with Crippen LogP contribution in [0.1, 0.15) is 18.0 Å². The molecule has 0 fully saturated rings. The molecule has 2 rings (SSSR count). The van der Waals surface area contributed by atoms with Crippen LogP contribution in [0.25, 0.3) is 0 Å². The van der Waals surface area contributed by atoms with Crippen LogP contribution in [0.2, 0.25) is 5.02 Å². The summed E-state index contributed by atoms with van der Waals surface area (Å²) in [6.07, 6.45) is 2.61. The molecule has 19 heavy (non-hydrogen) atoms. The third-order valence-electron chi connectivity index (χ3n) is 2.91. The Morgan fingerprint density at radius 1 is 1.16 bits per heavy atom. The number of halogens is 1. The second kappa shape index (κ2) is 6.30. The van der Waals surface area contributed by atoms with E-state index in [-0.39, 0.29) is 11.8 Å². The number of hydrogen-bond donors (Lipinski definition) is 2. The van der Waals surface area contributed by atoms with Gasteiger partial charge >= 0.3 is 0 Å². The molecule has 2 N–H and O–H groups in total. The highest BCUT2D eigenvalue weighted by Gasteiger charge is 2.11. The van der Waals surface area contributed by atoms with Gasteiger partial charge in [0.2, 0.25) is 0 Å². The Hall–Kier alpha value is -1.93. The van der Waals surface area contributed by atoms with Crippen molar-refractivity contribution < 1.29 is 5.11 Å². The third-order valence-corrected chi connectivity index (χ3v) is 3.16. The number of aromatic hydroxyl groups is 1. The predicted molar refractivity (Wildman–Crippen MR) is 80.7 cm³/mol. The van der Waals surface area contributed by atoms with Gasteiger partial charge in [0.25, 0.3) is 0 Å². The van der Waals surface area contributed by atoms with Crippen LogP contribution < -0.4 is 5.32 Å². The molecule has 0 radical (unpaired) electrons. The molecule has 0 amide bonds. The molecule has 2 nitrogen and oxygen atoms in total. The fourth-order valence-corrected chi connectivity index (χ4v) is 2.05. The van der Waals surface area contributed by atoms with E-state index >= 15 is 0 Å². The van der Waals surface area contributed by atoms with Crippen molar-refractivity contribution in [1.82, 2.24) is 0 Å². The van der Waals surface area contributed by atoms with Gasteiger partial charge in [0.15, 0.2) is 0 Å². The van der Waals surface area contributed by atoms with Gasteiger partial charge in [0.05, 0.1) is 11.7 Å². The molecule has 3 heteroatoms. The lowest BCUT2D eigenvalue weighted by Crippen LogP contribution is -2.09. The maximum atomic E-state index is 9.81. The zero-order valence-corrected chi connectivity index (χ0v) is 11.3. The summed E-state index contributed by atoms with van der Waals surface area (Å²) in [5.74, 6) is 0.241. The average molecular weight is 274 g/mol. The molecule has 1 unspecified atom stereocenters. The van der Waals surface area contributed by atoms with Crippen LogP contribution in [0.4, 0.5) is 5.69 Å². The van der Waals surface area contributed by atoms with Gasteiger partial charge < -0.3 is 10.4 Å². The van der Waals surface area contributed by atoms with Gasteiger partial charge in [-0.3, -0.25) is 0 Å². The predicted octanol–water partition coefficient (Wildman–Crippen LogP) is 4.77. The van der Waals surface area contributed by atoms with E-state index in [2.05, 4.69) is 11.9 Å². The Kier molecular flexibility index (Phi) is 4.48. The molecular formula is C16H16ClNO. The van der Waals surface area contributed by atoms with E-state index in [0.717, 1.165) is 12.0 Å². The molecule has 98 valence electrons. The average Bonchev–Trinajstić information content (AvgIpc) is 2.42. The Balaban J connectivity index is 2.23. The van der Waals surface area contributed by atoms with Crippen LogP contribution in [-0.2, 0) is 0 Å². The topological polar surface area (TPSA) is 32.3 Å². The van der Waals surface area contributed by atoms with E-state index in [1.54, 1.807) is 12.1 Å². The van der Waals surface area contributed by atoms with Crippen LogP contribution in [0, 0.1) is 0 Å². The summed E-state index contributed by atoms with van der Waals surface area (Å²) in [4.78, 5) is 0. The van der Waals surface area contributed by atoms with Gasteiger partial charge in [0.1, 0.15) is 5.75 Å². The highest BCUT2D eigenvalue weighted by molar-refractivity contribution is 6.30. The molecule has 2 aromatic rings. The van der Waals surface area contributed by atoms with Crippen molar-refractivity contribution in [2.75, 3.05) is 5.32 Å². The van der Waals surface area contributed by atoms with Crippen molar-refractivity contribution in [3.05, 3.63) is 71.8 Å². The summed E-state index contributed by atoms with van der Waals surface area (Å²) < 4.78 is 0. The number of rotatable bonds is 5. The normalized spacial score (nSPS) is 11.8. The van der Waals surface area contributed by atoms with Crippen LogP contribution in [0.5, 0.6) is 5.75 Å². The fourth-order valence-electron chi connectivity index (χ4n) is 1.92. The van der Waals surface area contributed by atoms with Crippen molar-refractivity contribution >= 4 is 17.3 Å². The van der Waals surface area contributed by atoms with Crippen LogP contribution >= 0.6 is 11.6 Å². The Bertz CT molecular complexity index is 551. The fraction of sp³-hybridized carbons (Fsp3) is 0.125. The standard InChI is InChI=1S/C16H16ClNO/c1-2-5-14(12-8-10-13(17)11-9-12)18-15-6-3-4-7-16(15)19/h2-4,6-11,14,18-19H,1,5H2. The minimum atomic E-state index is 0.0584. The summed E-state index contributed by atoms with van der Waals surface area (Å²) in [6, 6.07) is 14.9. The van der Waals surface area contributed by atoms with Gasteiger partial charge in [-0.15, -0.1) is 6.58 Å². The van der Waals surface area contributed by atoms with E-state index < -0.39 is 0 Å². The second-order valence-electron chi connectivity index (χ2n) is 4.29. The molecule has 0 aromatic heterocycles. The molecule has 0 aliphatic rings. The van der Waals surface area contributed by atoms with Crippen LogP contribution in [0.3, 0.4) is 0 Å². The molecule has 1 atom stereocenters. The first-order valence-electron chi connectivity index (χ1n) is 6.11. The van der Waals surface area contributed by atoms with Crippen molar-refractivity contribution in [1.29, 1.82) is 0 Å². The molecule has 0 bridgehead atoms. The lowest BCUT2D eigenvalue weighted by atomic mass is 10.0. The van der Waals surface area contributed by atoms with Gasteiger partial charge in [-0.2, -0.15) is 0 Å². The number of benzene rings is 2. The SMILES string of the molecule is C=CCC(Nc1ccccc1O)c1ccc(Cl)cc1. The first kappa shape index (κ1) is 13.5. The minimum absolute atomic E-state index is 0.0584. The van der Waals surface area contributed by atoms with Crippen molar-refractivity contribution in [3.63, 3.8) is 0 Å². The number of para-hydroxylation sites is 2. The smallest absolute Gasteiger partial charge is 0.138 e. The van der Waals surface area contributed by atoms with E-state index in [1.807, 2.05) is 42.5 Å². The molecule has 0 saturated heterocycles. The van der Waals surface area contributed by atoms with E-state index in [4.69, 9.17) is 11.6 Å². The Labute approximate surface area is 118 Å². The molecule has 2 aromatic carbocycles. The Morgan fingerprint density at radius 2 is 1.84 bits per heavy atom. The lowest BCUT2D eigenvalue weighted by Gasteiger charge is -2.19. The molecule has 0 spiro atoms. The lowest BCUT2D eigenvalue weighted by molar-refractivity contribution is 0.476. The van der Waals surface area contributed by atoms with E-state index in [9.17, 15) is 5.11 Å². The first-order valence-corrected chi connectivity index (χ1v) is 6.49. The molecule has 0 aliphatic heterocycles. The first-order chi connectivity index (χ1) is 9.20. The summed E-state index contributed by atoms with van der Waals surface area (Å²) in [7, 11) is 0. The van der Waals surface area contributed by atoms with Crippen LogP contribution in [0.15, 0.2) is 61.2 Å². The molecule has 0 saturated carbocycles. The third kappa shape index (κ3) is 3.52. The quantitative estimate of drug-likeness (QED) is 0.607. The van der Waals surface area contributed by atoms with Gasteiger partial charge in [-0.25, -0.2) is 0 Å². The second-order valence-corrected chi connectivity index (χ2v) is 4.73. The van der Waals surface area contributed by atoms with Crippen molar-refractivity contribution in [2.24, 2.45) is 0 Å². The van der Waals surface area contributed by atoms with Gasteiger partial charge in [0, 0.05) is 5.02 Å². The molecule has 0 heterocycles. The summed E-state index contributed by atoms with van der Waals surface area (Å²) in [5.41, 5.74) is 1.82. The summed E-state index contributed by atoms with van der Waals surface area (Å²) in [5, 5.41) is 13.8. The highest BCUT2D eigenvalue weighted by Crippen LogP contribution is 2.29. The zero-order chi connectivity index (χ0) is 13.7. The maximum absolute atomic E-state index is 9.81. The summed E-state index contributed by atoms with van der Waals surface area (Å²) >= 11 is 5.90. The number of phenolic OH excluding ortho intramolecular Hbond substituents is 1. The van der Waals surface area contributed by atoms with E-state index in [0.29, 0.717) is 10.7 Å². The maximum Gasteiger partial charge on any atom is 0.138 e. The molecular weight excluding hydrogens is 258 g/mol. The number of nitrogens with one attached hydrogen (secondary N) is 1. The van der Waals surface area contributed by atoms with Crippen LogP contribution in [-0.4, -0.2) is 5.11 Å². The monoisotopic (exact) mass is 273 g/mol. The number of hydrogen-bond acceptors (Lipinski definition) is 2.